The topological polar surface area (TPSA) is 66.6 Å². The van der Waals surface area contributed by atoms with Gasteiger partial charge in [-0.3, -0.25) is 0 Å². The Labute approximate surface area is 126 Å². The zero-order valence-electron chi connectivity index (χ0n) is 13.0. The number of likely N-dealkylation sites (N-methyl/N-ethyl adjacent to an activating group) is 1. The fraction of sp³-hybridized carbons (Fsp3) is 0.588. The van der Waals surface area contributed by atoms with Gasteiger partial charge in [-0.15, -0.1) is 0 Å². The summed E-state index contributed by atoms with van der Waals surface area (Å²) in [5.74, 6) is -0.374. The van der Waals surface area contributed by atoms with E-state index in [0.717, 1.165) is 6.42 Å². The van der Waals surface area contributed by atoms with Crippen LogP contribution in [0.3, 0.4) is 0 Å². The minimum Gasteiger partial charge on any atom is -0.480 e. The fourth-order valence-electron chi connectivity index (χ4n) is 3.48. The van der Waals surface area contributed by atoms with Gasteiger partial charge in [0.15, 0.2) is 5.54 Å². The van der Waals surface area contributed by atoms with Gasteiger partial charge in [-0.05, 0) is 31.4 Å². The molecule has 1 aromatic carbocycles. The van der Waals surface area contributed by atoms with E-state index in [2.05, 4.69) is 11.8 Å². The SMILES string of the molecule is CC1CCCCC1N(C)CC(N)(C(=O)O)c1ccccc1. The smallest absolute Gasteiger partial charge is 0.329 e. The summed E-state index contributed by atoms with van der Waals surface area (Å²) in [5, 5.41) is 9.65. The van der Waals surface area contributed by atoms with E-state index >= 15 is 0 Å². The molecule has 0 spiro atoms. The van der Waals surface area contributed by atoms with Crippen LogP contribution in [-0.4, -0.2) is 35.6 Å². The van der Waals surface area contributed by atoms with E-state index in [1.54, 1.807) is 12.1 Å². The molecule has 3 atom stereocenters. The lowest BCUT2D eigenvalue weighted by Crippen LogP contribution is -2.55. The van der Waals surface area contributed by atoms with Gasteiger partial charge >= 0.3 is 5.97 Å². The summed E-state index contributed by atoms with van der Waals surface area (Å²) in [6.07, 6.45) is 4.83. The van der Waals surface area contributed by atoms with Crippen LogP contribution in [0.5, 0.6) is 0 Å². The molecule has 1 aliphatic rings. The van der Waals surface area contributed by atoms with E-state index in [1.165, 1.54) is 19.3 Å². The molecule has 4 heteroatoms. The molecular weight excluding hydrogens is 264 g/mol. The molecular formula is C17H26N2O2. The van der Waals surface area contributed by atoms with Gasteiger partial charge in [0.2, 0.25) is 0 Å². The average molecular weight is 290 g/mol. The highest BCUT2D eigenvalue weighted by Crippen LogP contribution is 2.29. The summed E-state index contributed by atoms with van der Waals surface area (Å²) in [6, 6.07) is 9.56. The van der Waals surface area contributed by atoms with Crippen molar-refractivity contribution in [3.8, 4) is 0 Å². The van der Waals surface area contributed by atoms with Crippen LogP contribution in [0.15, 0.2) is 30.3 Å². The standard InChI is InChI=1S/C17H26N2O2/c1-13-8-6-7-11-15(13)19(2)12-17(18,16(20)21)14-9-4-3-5-10-14/h3-5,9-10,13,15H,6-8,11-12,18H2,1-2H3,(H,20,21). The predicted octanol–water partition coefficient (Wildman–Crippen LogP) is 2.44. The Morgan fingerprint density at radius 1 is 1.33 bits per heavy atom. The molecule has 2 rings (SSSR count). The number of carbonyl (C=O) groups is 1. The number of hydrogen-bond acceptors (Lipinski definition) is 3. The second-order valence-corrected chi connectivity index (χ2v) is 6.39. The largest absolute Gasteiger partial charge is 0.480 e. The summed E-state index contributed by atoms with van der Waals surface area (Å²) < 4.78 is 0. The van der Waals surface area contributed by atoms with Crippen molar-refractivity contribution >= 4 is 5.97 Å². The lowest BCUT2D eigenvalue weighted by atomic mass is 9.83. The number of rotatable bonds is 5. The maximum absolute atomic E-state index is 11.8. The normalized spacial score (nSPS) is 25.5. The molecule has 116 valence electrons. The summed E-state index contributed by atoms with van der Waals surface area (Å²) in [4.78, 5) is 13.9. The Morgan fingerprint density at radius 2 is 1.95 bits per heavy atom. The molecule has 1 saturated carbocycles. The van der Waals surface area contributed by atoms with Gasteiger partial charge in [-0.1, -0.05) is 50.1 Å². The van der Waals surface area contributed by atoms with Crippen LogP contribution in [0.2, 0.25) is 0 Å². The van der Waals surface area contributed by atoms with Crippen LogP contribution in [0, 0.1) is 5.92 Å². The minimum absolute atomic E-state index is 0.335. The van der Waals surface area contributed by atoms with Gasteiger partial charge in [-0.2, -0.15) is 0 Å². The van der Waals surface area contributed by atoms with Crippen LogP contribution in [0.1, 0.15) is 38.2 Å². The van der Waals surface area contributed by atoms with Gasteiger partial charge in [0.1, 0.15) is 0 Å². The molecule has 1 aliphatic carbocycles. The Morgan fingerprint density at radius 3 is 2.52 bits per heavy atom. The molecule has 0 radical (unpaired) electrons. The van der Waals surface area contributed by atoms with Crippen molar-refractivity contribution in [3.63, 3.8) is 0 Å². The first-order valence-electron chi connectivity index (χ1n) is 7.73. The van der Waals surface area contributed by atoms with E-state index in [0.29, 0.717) is 24.1 Å². The second-order valence-electron chi connectivity index (χ2n) is 6.39. The highest BCUT2D eigenvalue weighted by molar-refractivity contribution is 5.80. The molecule has 4 nitrogen and oxygen atoms in total. The third-order valence-corrected chi connectivity index (χ3v) is 4.80. The molecule has 0 amide bonds. The van der Waals surface area contributed by atoms with E-state index in [9.17, 15) is 9.90 Å². The van der Waals surface area contributed by atoms with Crippen molar-refractivity contribution in [1.29, 1.82) is 0 Å². The van der Waals surface area contributed by atoms with Crippen LogP contribution in [-0.2, 0) is 10.3 Å². The molecule has 21 heavy (non-hydrogen) atoms. The second kappa shape index (κ2) is 6.58. The Kier molecular flexibility index (Phi) is 5.01. The summed E-state index contributed by atoms with van der Waals surface area (Å²) >= 11 is 0. The lowest BCUT2D eigenvalue weighted by Gasteiger charge is -2.40. The van der Waals surface area contributed by atoms with Crippen molar-refractivity contribution in [2.24, 2.45) is 11.7 Å². The molecule has 0 heterocycles. The number of aliphatic carboxylic acids is 1. The van der Waals surface area contributed by atoms with Gasteiger partial charge in [0.05, 0.1) is 0 Å². The van der Waals surface area contributed by atoms with E-state index in [1.807, 2.05) is 25.2 Å². The number of carboxylic acids is 1. The van der Waals surface area contributed by atoms with Crippen LogP contribution < -0.4 is 5.73 Å². The first kappa shape index (κ1) is 16.0. The Bertz CT molecular complexity index is 477. The predicted molar refractivity (Wildman–Crippen MR) is 84.0 cm³/mol. The Balaban J connectivity index is 2.18. The Hall–Kier alpha value is -1.39. The van der Waals surface area contributed by atoms with Crippen LogP contribution in [0.4, 0.5) is 0 Å². The maximum Gasteiger partial charge on any atom is 0.329 e. The van der Waals surface area contributed by atoms with Crippen LogP contribution in [0.25, 0.3) is 0 Å². The third-order valence-electron chi connectivity index (χ3n) is 4.80. The van der Waals surface area contributed by atoms with Gasteiger partial charge in [0, 0.05) is 12.6 Å². The molecule has 0 aromatic heterocycles. The quantitative estimate of drug-likeness (QED) is 0.874. The number of nitrogens with two attached hydrogens (primary N) is 1. The molecule has 3 unspecified atom stereocenters. The zero-order chi connectivity index (χ0) is 15.5. The van der Waals surface area contributed by atoms with Gasteiger partial charge in [0.25, 0.3) is 0 Å². The third kappa shape index (κ3) is 3.44. The molecule has 1 fully saturated rings. The highest BCUT2D eigenvalue weighted by Gasteiger charge is 2.39. The minimum atomic E-state index is -1.35. The van der Waals surface area contributed by atoms with Crippen molar-refractivity contribution in [2.75, 3.05) is 13.6 Å². The van der Waals surface area contributed by atoms with Gasteiger partial charge < -0.3 is 15.7 Å². The highest BCUT2D eigenvalue weighted by atomic mass is 16.4. The first-order chi connectivity index (χ1) is 9.95. The van der Waals surface area contributed by atoms with Crippen molar-refractivity contribution in [2.45, 2.75) is 44.2 Å². The van der Waals surface area contributed by atoms with Gasteiger partial charge in [-0.25, -0.2) is 4.79 Å². The average Bonchev–Trinajstić information content (AvgIpc) is 2.48. The zero-order valence-corrected chi connectivity index (χ0v) is 13.0. The van der Waals surface area contributed by atoms with Crippen LogP contribution >= 0.6 is 0 Å². The molecule has 3 N–H and O–H groups in total. The number of nitrogens with zero attached hydrogens (tertiary/aromatic N) is 1. The first-order valence-corrected chi connectivity index (χ1v) is 7.73. The molecule has 1 aromatic rings. The number of hydrogen-bond donors (Lipinski definition) is 2. The summed E-state index contributed by atoms with van der Waals surface area (Å²) in [5.41, 5.74) is 5.58. The number of carboxylic acid groups (broad SMARTS) is 1. The van der Waals surface area contributed by atoms with Crippen molar-refractivity contribution in [3.05, 3.63) is 35.9 Å². The van der Waals surface area contributed by atoms with E-state index in [-0.39, 0.29) is 0 Å². The van der Waals surface area contributed by atoms with E-state index in [4.69, 9.17) is 5.73 Å². The van der Waals surface area contributed by atoms with E-state index < -0.39 is 11.5 Å². The number of benzene rings is 1. The summed E-state index contributed by atoms with van der Waals surface area (Å²) in [6.45, 7) is 2.59. The van der Waals surface area contributed by atoms with Crippen molar-refractivity contribution < 1.29 is 9.90 Å². The van der Waals surface area contributed by atoms with Crippen molar-refractivity contribution in [1.82, 2.24) is 4.90 Å². The molecule has 0 aliphatic heterocycles. The fourth-order valence-corrected chi connectivity index (χ4v) is 3.48. The monoisotopic (exact) mass is 290 g/mol. The molecule has 0 bridgehead atoms. The lowest BCUT2D eigenvalue weighted by molar-refractivity contribution is -0.144. The molecule has 0 saturated heterocycles. The summed E-state index contributed by atoms with van der Waals surface area (Å²) in [7, 11) is 2.00. The maximum atomic E-state index is 11.8.